The summed E-state index contributed by atoms with van der Waals surface area (Å²) in [7, 11) is 0. The molecule has 1 N–H and O–H groups in total. The summed E-state index contributed by atoms with van der Waals surface area (Å²) in [5, 5.41) is 6.50. The van der Waals surface area contributed by atoms with Crippen LogP contribution in [0.1, 0.15) is 48.4 Å². The topological polar surface area (TPSA) is 84.9 Å². The molecule has 1 aromatic carbocycles. The molecule has 0 aliphatic heterocycles. The van der Waals surface area contributed by atoms with Gasteiger partial charge in [0.25, 0.3) is 11.6 Å². The predicted molar refractivity (Wildman–Crippen MR) is 137 cm³/mol. The number of hydrogen-bond acceptors (Lipinski definition) is 7. The van der Waals surface area contributed by atoms with Crippen molar-refractivity contribution >= 4 is 40.6 Å². The second kappa shape index (κ2) is 13.1. The van der Waals surface area contributed by atoms with Gasteiger partial charge in [-0.15, -0.1) is 22.7 Å². The van der Waals surface area contributed by atoms with Crippen LogP contribution >= 0.6 is 22.7 Å². The minimum atomic E-state index is -1.87. The van der Waals surface area contributed by atoms with Crippen molar-refractivity contribution in [3.63, 3.8) is 0 Å². The van der Waals surface area contributed by atoms with E-state index < -0.39 is 23.7 Å². The summed E-state index contributed by atoms with van der Waals surface area (Å²) in [6, 6.07) is 17.0. The first-order chi connectivity index (χ1) is 16.9. The van der Waals surface area contributed by atoms with E-state index in [2.05, 4.69) is 5.32 Å². The number of unbranched alkanes of at least 4 members (excludes halogenated alkanes) is 1. The van der Waals surface area contributed by atoms with Crippen LogP contribution in [0.2, 0.25) is 0 Å². The third-order valence-corrected chi connectivity index (χ3v) is 6.93. The van der Waals surface area contributed by atoms with Crippen LogP contribution in [0.25, 0.3) is 0 Å². The number of amides is 2. The Labute approximate surface area is 213 Å². The van der Waals surface area contributed by atoms with E-state index in [1.54, 1.807) is 4.90 Å². The Morgan fingerprint density at radius 2 is 1.57 bits per heavy atom. The highest BCUT2D eigenvalue weighted by Crippen LogP contribution is 2.25. The highest BCUT2D eigenvalue weighted by molar-refractivity contribution is 7.10. The van der Waals surface area contributed by atoms with Gasteiger partial charge in [-0.1, -0.05) is 55.8 Å². The molecule has 2 amide bonds. The molecule has 0 saturated carbocycles. The lowest BCUT2D eigenvalue weighted by molar-refractivity contribution is -0.178. The van der Waals surface area contributed by atoms with E-state index in [9.17, 15) is 14.4 Å². The van der Waals surface area contributed by atoms with E-state index in [1.807, 2.05) is 72.3 Å². The van der Waals surface area contributed by atoms with Gasteiger partial charge in [-0.2, -0.15) is 0 Å². The van der Waals surface area contributed by atoms with Crippen LogP contribution in [0, 0.1) is 0 Å². The van der Waals surface area contributed by atoms with Crippen molar-refractivity contribution in [2.24, 2.45) is 0 Å². The smallest absolute Gasteiger partial charge is 0.410 e. The Bertz CT molecular complexity index is 1030. The molecule has 0 spiro atoms. The van der Waals surface area contributed by atoms with Crippen molar-refractivity contribution in [2.45, 2.75) is 58.5 Å². The Morgan fingerprint density at radius 3 is 2.09 bits per heavy atom. The van der Waals surface area contributed by atoms with Crippen LogP contribution in [-0.4, -0.2) is 28.6 Å². The largest absolute Gasteiger partial charge is 0.445 e. The van der Waals surface area contributed by atoms with Gasteiger partial charge >= 0.3 is 12.1 Å². The second-order valence-corrected chi connectivity index (χ2v) is 10.1. The third-order valence-electron chi connectivity index (χ3n) is 5.20. The molecule has 0 bridgehead atoms. The average molecular weight is 515 g/mol. The summed E-state index contributed by atoms with van der Waals surface area (Å²) < 4.78 is 11.0. The third kappa shape index (κ3) is 7.93. The molecule has 0 aliphatic carbocycles. The van der Waals surface area contributed by atoms with E-state index in [0.717, 1.165) is 21.7 Å². The van der Waals surface area contributed by atoms with Gasteiger partial charge < -0.3 is 14.4 Å². The van der Waals surface area contributed by atoms with Gasteiger partial charge in [0, 0.05) is 23.1 Å². The van der Waals surface area contributed by atoms with Crippen molar-refractivity contribution in [3.8, 4) is 0 Å². The Hall–Kier alpha value is -3.17. The minimum Gasteiger partial charge on any atom is -0.445 e. The molecule has 0 fully saturated rings. The van der Waals surface area contributed by atoms with Crippen molar-refractivity contribution < 1.29 is 23.9 Å². The molecule has 9 heteroatoms. The fourth-order valence-electron chi connectivity index (χ4n) is 3.57. The van der Waals surface area contributed by atoms with Crippen molar-refractivity contribution in [1.82, 2.24) is 10.2 Å². The molecule has 1 unspecified atom stereocenters. The monoisotopic (exact) mass is 514 g/mol. The maximum atomic E-state index is 14.1. The van der Waals surface area contributed by atoms with E-state index in [0.29, 0.717) is 19.5 Å². The van der Waals surface area contributed by atoms with Gasteiger partial charge in [-0.3, -0.25) is 14.9 Å². The first kappa shape index (κ1) is 26.4. The van der Waals surface area contributed by atoms with E-state index in [1.165, 1.54) is 29.6 Å². The quantitative estimate of drug-likeness (QED) is 0.247. The second-order valence-electron chi connectivity index (χ2n) is 8.03. The molecular weight excluding hydrogens is 484 g/mol. The zero-order valence-electron chi connectivity index (χ0n) is 19.9. The van der Waals surface area contributed by atoms with Crippen molar-refractivity contribution in [2.75, 3.05) is 0 Å². The summed E-state index contributed by atoms with van der Waals surface area (Å²) in [4.78, 5) is 42.6. The summed E-state index contributed by atoms with van der Waals surface area (Å²) in [6.45, 7) is 3.87. The normalized spacial score (nSPS) is 12.4. The van der Waals surface area contributed by atoms with Crippen LogP contribution in [0.15, 0.2) is 65.4 Å². The standard InChI is InChI=1S/C26H30N2O5S2/c1-3-4-14-26(33-20(2)29,27-25(31)32-19-21-10-6-5-7-11-21)24(30)28(17-22-12-8-15-34-22)18-23-13-9-16-35-23/h5-13,15-16H,3-4,14,17-19H2,1-2H3,(H,27,31). The van der Waals surface area contributed by atoms with Gasteiger partial charge in [-0.25, -0.2) is 4.79 Å². The minimum absolute atomic E-state index is 0.0267. The van der Waals surface area contributed by atoms with E-state index in [-0.39, 0.29) is 13.0 Å². The summed E-state index contributed by atoms with van der Waals surface area (Å²) in [5.74, 6) is -1.15. The number of nitrogens with zero attached hydrogens (tertiary/aromatic N) is 1. The number of nitrogens with one attached hydrogen (secondary N) is 1. The number of benzene rings is 1. The maximum absolute atomic E-state index is 14.1. The molecule has 2 heterocycles. The Kier molecular flexibility index (Phi) is 9.86. The number of alkyl carbamates (subject to hydrolysis) is 1. The summed E-state index contributed by atoms with van der Waals surface area (Å²) in [5.41, 5.74) is -1.07. The van der Waals surface area contributed by atoms with E-state index in [4.69, 9.17) is 9.47 Å². The molecule has 0 radical (unpaired) electrons. The lowest BCUT2D eigenvalue weighted by Crippen LogP contribution is -2.61. The highest BCUT2D eigenvalue weighted by atomic mass is 32.1. The molecule has 0 saturated heterocycles. The lowest BCUT2D eigenvalue weighted by atomic mass is 10.0. The number of hydrogen-bond donors (Lipinski definition) is 1. The van der Waals surface area contributed by atoms with Crippen LogP contribution < -0.4 is 5.32 Å². The van der Waals surface area contributed by atoms with Crippen molar-refractivity contribution in [1.29, 1.82) is 0 Å². The first-order valence-corrected chi connectivity index (χ1v) is 13.2. The number of rotatable bonds is 12. The van der Waals surface area contributed by atoms with Crippen molar-refractivity contribution in [3.05, 3.63) is 80.7 Å². The summed E-state index contributed by atoms with van der Waals surface area (Å²) >= 11 is 3.07. The zero-order valence-corrected chi connectivity index (χ0v) is 21.5. The summed E-state index contributed by atoms with van der Waals surface area (Å²) in [6.07, 6.45) is 0.608. The number of thiophene rings is 2. The van der Waals surface area contributed by atoms with Gasteiger partial charge in [0.05, 0.1) is 13.1 Å². The van der Waals surface area contributed by atoms with Crippen LogP contribution in [0.4, 0.5) is 4.79 Å². The molecule has 186 valence electrons. The lowest BCUT2D eigenvalue weighted by Gasteiger charge is -2.36. The molecule has 3 rings (SSSR count). The zero-order chi connectivity index (χ0) is 25.1. The maximum Gasteiger partial charge on any atom is 0.410 e. The number of ether oxygens (including phenoxy) is 2. The molecule has 1 atom stereocenters. The number of esters is 1. The first-order valence-electron chi connectivity index (χ1n) is 11.4. The molecule has 35 heavy (non-hydrogen) atoms. The number of carbonyl (C=O) groups is 3. The molecule has 3 aromatic rings. The molecular formula is C26H30N2O5S2. The molecule has 0 aliphatic rings. The Balaban J connectivity index is 1.87. The highest BCUT2D eigenvalue weighted by Gasteiger charge is 2.46. The predicted octanol–water partition coefficient (Wildman–Crippen LogP) is 5.71. The average Bonchev–Trinajstić information content (AvgIpc) is 3.55. The fraction of sp³-hybridized carbons (Fsp3) is 0.346. The van der Waals surface area contributed by atoms with Crippen LogP contribution in [0.5, 0.6) is 0 Å². The number of carbonyl (C=O) groups excluding carboxylic acids is 3. The van der Waals surface area contributed by atoms with Gasteiger partial charge in [0.2, 0.25) is 0 Å². The molecule has 2 aromatic heterocycles. The molecule has 7 nitrogen and oxygen atoms in total. The van der Waals surface area contributed by atoms with Gasteiger partial charge in [-0.05, 0) is 34.9 Å². The van der Waals surface area contributed by atoms with Crippen LogP contribution in [0.3, 0.4) is 0 Å². The Morgan fingerprint density at radius 1 is 0.943 bits per heavy atom. The fourth-order valence-corrected chi connectivity index (χ4v) is 5.01. The van der Waals surface area contributed by atoms with Crippen LogP contribution in [-0.2, 0) is 38.8 Å². The van der Waals surface area contributed by atoms with Gasteiger partial charge in [0.15, 0.2) is 0 Å². The van der Waals surface area contributed by atoms with Gasteiger partial charge in [0.1, 0.15) is 6.61 Å². The van der Waals surface area contributed by atoms with E-state index >= 15 is 0 Å². The SMILES string of the molecule is CCCCC(NC(=O)OCc1ccccc1)(OC(C)=O)C(=O)N(Cc1cccs1)Cc1cccs1.